The molecule has 2 rings (SSSR count). The van der Waals surface area contributed by atoms with E-state index in [1.807, 2.05) is 12.1 Å². The molecule has 0 aliphatic carbocycles. The Labute approximate surface area is 135 Å². The molecule has 0 unspecified atom stereocenters. The predicted molar refractivity (Wildman–Crippen MR) is 86.1 cm³/mol. The molecule has 0 aliphatic rings. The van der Waals surface area contributed by atoms with Gasteiger partial charge in [-0.1, -0.05) is 62.6 Å². The minimum absolute atomic E-state index is 0.205. The van der Waals surface area contributed by atoms with E-state index in [0.29, 0.717) is 0 Å². The number of halogens is 3. The first-order valence-electron chi connectivity index (χ1n) is 7.72. The van der Waals surface area contributed by atoms with Gasteiger partial charge in [-0.25, -0.2) is 0 Å². The lowest BCUT2D eigenvalue weighted by Crippen LogP contribution is -2.16. The normalized spacial score (nSPS) is 11.5. The van der Waals surface area contributed by atoms with Gasteiger partial charge >= 0.3 is 6.36 Å². The molecule has 0 aromatic heterocycles. The average molecular weight is 321 g/mol. The van der Waals surface area contributed by atoms with E-state index in [1.54, 1.807) is 12.1 Å². The summed E-state index contributed by atoms with van der Waals surface area (Å²) in [4.78, 5) is 0. The number of aryl methyl sites for hydroxylation is 1. The molecule has 2 aromatic rings. The average Bonchev–Trinajstić information content (AvgIpc) is 2.52. The third kappa shape index (κ3) is 5.97. The minimum Gasteiger partial charge on any atom is -0.406 e. The molecule has 0 amide bonds. The molecule has 0 atom stereocenters. The van der Waals surface area contributed by atoms with Crippen molar-refractivity contribution in [3.8, 4) is 16.9 Å². The smallest absolute Gasteiger partial charge is 0.406 e. The third-order valence-electron chi connectivity index (χ3n) is 3.59. The lowest BCUT2D eigenvalue weighted by molar-refractivity contribution is -0.274. The Morgan fingerprint density at radius 1 is 0.783 bits per heavy atom. The van der Waals surface area contributed by atoms with Gasteiger partial charge in [0, 0.05) is 0 Å². The summed E-state index contributed by atoms with van der Waals surface area (Å²) < 4.78 is 40.3. The lowest BCUT2D eigenvalue weighted by Gasteiger charge is -2.09. The number of ether oxygens (including phenoxy) is 1. The van der Waals surface area contributed by atoms with Crippen molar-refractivity contribution in [1.82, 2.24) is 0 Å². The zero-order valence-corrected chi connectivity index (χ0v) is 12.9. The number of alkyl halides is 3. The molecule has 0 saturated carbocycles. The van der Waals surface area contributed by atoms with Crippen LogP contribution in [0.15, 0.2) is 48.5 Å². The Morgan fingerprint density at radius 3 is 1.87 bits per heavy atom. The highest BCUT2D eigenvalue weighted by Gasteiger charge is 2.30. The molecular formula is C19H20F3O. The first-order valence-corrected chi connectivity index (χ1v) is 7.72. The molecule has 23 heavy (non-hydrogen) atoms. The van der Waals surface area contributed by atoms with Gasteiger partial charge in [0.15, 0.2) is 0 Å². The van der Waals surface area contributed by atoms with Crippen LogP contribution in [0.3, 0.4) is 0 Å². The minimum atomic E-state index is -4.66. The van der Waals surface area contributed by atoms with E-state index in [1.165, 1.54) is 24.1 Å². The van der Waals surface area contributed by atoms with Crippen molar-refractivity contribution in [1.29, 1.82) is 0 Å². The van der Waals surface area contributed by atoms with Gasteiger partial charge in [-0.15, -0.1) is 13.2 Å². The van der Waals surface area contributed by atoms with E-state index in [0.717, 1.165) is 36.8 Å². The summed E-state index contributed by atoms with van der Waals surface area (Å²) in [5, 5.41) is 0. The summed E-state index contributed by atoms with van der Waals surface area (Å²) in [6.45, 7) is 3.83. The van der Waals surface area contributed by atoms with E-state index in [4.69, 9.17) is 0 Å². The second-order valence-electron chi connectivity index (χ2n) is 5.43. The highest BCUT2D eigenvalue weighted by Crippen LogP contribution is 2.26. The van der Waals surface area contributed by atoms with Crippen molar-refractivity contribution in [2.75, 3.05) is 0 Å². The molecule has 123 valence electrons. The van der Waals surface area contributed by atoms with E-state index in [9.17, 15) is 13.2 Å². The molecule has 0 heterocycles. The van der Waals surface area contributed by atoms with Gasteiger partial charge in [-0.2, -0.15) is 0 Å². The Morgan fingerprint density at radius 2 is 1.35 bits per heavy atom. The molecule has 0 aliphatic heterocycles. The second kappa shape index (κ2) is 8.04. The monoisotopic (exact) mass is 321 g/mol. The number of unbranched alkanes of at least 4 members (excludes halogenated alkanes) is 3. The van der Waals surface area contributed by atoms with Crippen LogP contribution in [-0.4, -0.2) is 6.36 Å². The summed E-state index contributed by atoms with van der Waals surface area (Å²) in [6, 6.07) is 14.0. The van der Waals surface area contributed by atoms with Crippen molar-refractivity contribution in [2.24, 2.45) is 0 Å². The molecule has 0 spiro atoms. The van der Waals surface area contributed by atoms with Crippen molar-refractivity contribution in [2.45, 2.75) is 38.5 Å². The molecule has 1 radical (unpaired) electrons. The predicted octanol–water partition coefficient (Wildman–Crippen LogP) is 6.19. The Kier molecular flexibility index (Phi) is 6.08. The van der Waals surface area contributed by atoms with Crippen molar-refractivity contribution in [3.63, 3.8) is 0 Å². The molecule has 0 bridgehead atoms. The van der Waals surface area contributed by atoms with E-state index in [2.05, 4.69) is 23.8 Å². The highest BCUT2D eigenvalue weighted by molar-refractivity contribution is 5.64. The van der Waals surface area contributed by atoms with Crippen molar-refractivity contribution >= 4 is 0 Å². The Bertz CT molecular complexity index is 586. The van der Waals surface area contributed by atoms with Crippen LogP contribution in [0.25, 0.3) is 11.1 Å². The summed E-state index contributed by atoms with van der Waals surface area (Å²) in [7, 11) is 0. The third-order valence-corrected chi connectivity index (χ3v) is 3.59. The van der Waals surface area contributed by atoms with Crippen LogP contribution in [0.1, 0.15) is 31.2 Å². The molecule has 1 nitrogen and oxygen atoms in total. The van der Waals surface area contributed by atoms with Crippen LogP contribution in [0, 0.1) is 6.92 Å². The number of rotatable bonds is 7. The van der Waals surface area contributed by atoms with Gasteiger partial charge in [0.2, 0.25) is 0 Å². The first kappa shape index (κ1) is 17.4. The number of hydrogen-bond donors (Lipinski definition) is 0. The maximum absolute atomic E-state index is 12.1. The molecule has 2 aromatic carbocycles. The SMILES string of the molecule is [CH2]CCCCCc1ccc(-c2ccc(OC(F)(F)F)cc2)cc1. The molecule has 0 N–H and O–H groups in total. The summed E-state index contributed by atoms with van der Waals surface area (Å²) in [5.41, 5.74) is 3.11. The van der Waals surface area contributed by atoms with Crippen LogP contribution in [0.4, 0.5) is 13.2 Å². The fraction of sp³-hybridized carbons (Fsp3) is 0.316. The van der Waals surface area contributed by atoms with E-state index >= 15 is 0 Å². The largest absolute Gasteiger partial charge is 0.573 e. The van der Waals surface area contributed by atoms with Gasteiger partial charge in [-0.3, -0.25) is 0 Å². The zero-order chi connectivity index (χ0) is 16.7. The van der Waals surface area contributed by atoms with E-state index < -0.39 is 6.36 Å². The van der Waals surface area contributed by atoms with Gasteiger partial charge in [0.1, 0.15) is 5.75 Å². The lowest BCUT2D eigenvalue weighted by atomic mass is 10.0. The fourth-order valence-electron chi connectivity index (χ4n) is 2.40. The topological polar surface area (TPSA) is 9.23 Å². The summed E-state index contributed by atoms with van der Waals surface area (Å²) in [5.74, 6) is -0.205. The van der Waals surface area contributed by atoms with Crippen LogP contribution < -0.4 is 4.74 Å². The van der Waals surface area contributed by atoms with Gasteiger partial charge < -0.3 is 4.74 Å². The van der Waals surface area contributed by atoms with Crippen LogP contribution in [-0.2, 0) is 6.42 Å². The van der Waals surface area contributed by atoms with Crippen LogP contribution in [0.2, 0.25) is 0 Å². The van der Waals surface area contributed by atoms with Crippen molar-refractivity contribution in [3.05, 3.63) is 61.0 Å². The second-order valence-corrected chi connectivity index (χ2v) is 5.43. The fourth-order valence-corrected chi connectivity index (χ4v) is 2.40. The molecule has 4 heteroatoms. The molecular weight excluding hydrogens is 301 g/mol. The number of benzene rings is 2. The van der Waals surface area contributed by atoms with Crippen LogP contribution >= 0.6 is 0 Å². The Balaban J connectivity index is 1.96. The van der Waals surface area contributed by atoms with Gasteiger partial charge in [0.05, 0.1) is 0 Å². The maximum atomic E-state index is 12.1. The molecule has 0 saturated heterocycles. The zero-order valence-electron chi connectivity index (χ0n) is 12.9. The molecule has 0 fully saturated rings. The summed E-state index contributed by atoms with van der Waals surface area (Å²) in [6.07, 6.45) is 0.858. The van der Waals surface area contributed by atoms with Gasteiger partial charge in [-0.05, 0) is 41.7 Å². The summed E-state index contributed by atoms with van der Waals surface area (Å²) >= 11 is 0. The standard InChI is InChI=1S/C19H20F3O/c1-2-3-4-5-6-15-7-9-16(10-8-15)17-11-13-18(14-12-17)23-19(20,21)22/h7-14H,1-6H2. The highest BCUT2D eigenvalue weighted by atomic mass is 19.4. The maximum Gasteiger partial charge on any atom is 0.573 e. The first-order chi connectivity index (χ1) is 11.0. The van der Waals surface area contributed by atoms with Crippen molar-refractivity contribution < 1.29 is 17.9 Å². The van der Waals surface area contributed by atoms with Gasteiger partial charge in [0.25, 0.3) is 0 Å². The quantitative estimate of drug-likeness (QED) is 0.553. The Hall–Kier alpha value is -1.97. The van der Waals surface area contributed by atoms with Crippen LogP contribution in [0.5, 0.6) is 5.75 Å². The van der Waals surface area contributed by atoms with E-state index in [-0.39, 0.29) is 5.75 Å². The number of hydrogen-bond acceptors (Lipinski definition) is 1.